The fourth-order valence-corrected chi connectivity index (χ4v) is 11.0. The first kappa shape index (κ1) is 42.4. The number of benzene rings is 10. The van der Waals surface area contributed by atoms with E-state index in [2.05, 4.69) is 290 Å². The molecule has 2 heteroatoms. The summed E-state index contributed by atoms with van der Waals surface area (Å²) >= 11 is 0. The number of hydrogen-bond acceptors (Lipinski definition) is 1. The summed E-state index contributed by atoms with van der Waals surface area (Å²) in [4.78, 5) is 2.39. The number of rotatable bonds is 11. The lowest BCUT2D eigenvalue weighted by molar-refractivity contribution is 0.768. The molecule has 0 fully saturated rings. The molecule has 0 spiro atoms. The van der Waals surface area contributed by atoms with E-state index in [4.69, 9.17) is 0 Å². The van der Waals surface area contributed by atoms with Crippen LogP contribution < -0.4 is 4.90 Å². The van der Waals surface area contributed by atoms with Crippen LogP contribution in [0.2, 0.25) is 0 Å². The molecule has 0 bridgehead atoms. The van der Waals surface area contributed by atoms with Gasteiger partial charge in [-0.25, -0.2) is 0 Å². The van der Waals surface area contributed by atoms with E-state index in [1.54, 1.807) is 0 Å². The Balaban J connectivity index is 0.914. The molecule has 0 unspecified atom stereocenters. The van der Waals surface area contributed by atoms with E-state index >= 15 is 0 Å². The Bertz CT molecular complexity index is 3660. The maximum Gasteiger partial charge on any atom is 0.0714 e. The summed E-state index contributed by atoms with van der Waals surface area (Å²) in [5.74, 6) is 0. The first-order valence-corrected chi connectivity index (χ1v) is 24.1. The lowest BCUT2D eigenvalue weighted by Gasteiger charge is -2.35. The standard InChI is InChI=1S/C68H50N2/c1-3-20-66-60(4-2)63-46-53(37-44-67(63)70(66)58-40-33-49(34-41-58)48-21-9-5-10-22-48)52-24-19-23-51(45-52)50-35-38-57(39-36-50)69(56-29-15-8-16-30-56)59-42-43-62-61-31-17-18-32-64(61)68(65(62)47-59,54-25-11-6-12-26-54)55-27-13-7-14-28-55/h3-47H,2H2,1H3/b20-3-. The van der Waals surface area contributed by atoms with E-state index in [-0.39, 0.29) is 0 Å². The molecular weight excluding hydrogens is 845 g/mol. The van der Waals surface area contributed by atoms with Gasteiger partial charge < -0.3 is 9.47 Å². The van der Waals surface area contributed by atoms with Crippen molar-refractivity contribution in [3.05, 3.63) is 301 Å². The molecule has 0 radical (unpaired) electrons. The van der Waals surface area contributed by atoms with Gasteiger partial charge >= 0.3 is 0 Å². The highest BCUT2D eigenvalue weighted by molar-refractivity contribution is 5.98. The van der Waals surface area contributed by atoms with Gasteiger partial charge in [0.05, 0.1) is 16.6 Å². The van der Waals surface area contributed by atoms with Crippen LogP contribution in [-0.4, -0.2) is 4.57 Å². The molecular formula is C68H50N2. The van der Waals surface area contributed by atoms with Crippen LogP contribution in [0.4, 0.5) is 17.1 Å². The second-order valence-corrected chi connectivity index (χ2v) is 18.0. The molecule has 12 rings (SSSR count). The summed E-state index contributed by atoms with van der Waals surface area (Å²) in [6.45, 7) is 6.38. The summed E-state index contributed by atoms with van der Waals surface area (Å²) < 4.78 is 2.35. The molecule has 10 aromatic carbocycles. The lowest BCUT2D eigenvalue weighted by atomic mass is 9.67. The predicted octanol–water partition coefficient (Wildman–Crippen LogP) is 18.1. The average Bonchev–Trinajstić information content (AvgIpc) is 3.91. The van der Waals surface area contributed by atoms with Crippen LogP contribution in [0.25, 0.3) is 73.2 Å². The van der Waals surface area contributed by atoms with Crippen molar-refractivity contribution in [3.8, 4) is 50.2 Å². The lowest BCUT2D eigenvalue weighted by Crippen LogP contribution is -2.28. The van der Waals surface area contributed by atoms with Gasteiger partial charge in [0.1, 0.15) is 0 Å². The van der Waals surface area contributed by atoms with Gasteiger partial charge in [-0.3, -0.25) is 0 Å². The molecule has 0 N–H and O–H groups in total. The SMILES string of the molecule is C=Cc1c(/C=C\C)n(-c2ccc(-c3ccccc3)cc2)c2ccc(-c3cccc(-c4ccc(N(c5ccccc5)c5ccc6c(c5)C(c5ccccc5)(c5ccccc5)c5ccccc5-6)cc4)c3)cc12. The highest BCUT2D eigenvalue weighted by Gasteiger charge is 2.46. The number of allylic oxidation sites excluding steroid dienone is 1. The maximum absolute atomic E-state index is 4.30. The van der Waals surface area contributed by atoms with E-state index in [0.29, 0.717) is 0 Å². The fraction of sp³-hybridized carbons (Fsp3) is 0.0294. The molecule has 0 saturated heterocycles. The van der Waals surface area contributed by atoms with Crippen molar-refractivity contribution in [2.24, 2.45) is 0 Å². The Morgan fingerprint density at radius 1 is 0.414 bits per heavy atom. The second-order valence-electron chi connectivity index (χ2n) is 18.0. The topological polar surface area (TPSA) is 8.17 Å². The van der Waals surface area contributed by atoms with Crippen LogP contribution in [0, 0.1) is 0 Å². The van der Waals surface area contributed by atoms with E-state index in [9.17, 15) is 0 Å². The minimum atomic E-state index is -0.493. The Morgan fingerprint density at radius 3 is 1.59 bits per heavy atom. The molecule has 1 heterocycles. The van der Waals surface area contributed by atoms with Crippen molar-refractivity contribution >= 4 is 40.1 Å². The highest BCUT2D eigenvalue weighted by Crippen LogP contribution is 2.57. The second kappa shape index (κ2) is 17.9. The third-order valence-electron chi connectivity index (χ3n) is 14.2. The van der Waals surface area contributed by atoms with Gasteiger partial charge in [0.25, 0.3) is 0 Å². The quantitative estimate of drug-likeness (QED) is 0.126. The summed E-state index contributed by atoms with van der Waals surface area (Å²) in [5, 5.41) is 1.17. The van der Waals surface area contributed by atoms with Crippen molar-refractivity contribution in [2.45, 2.75) is 12.3 Å². The minimum absolute atomic E-state index is 0.493. The molecule has 0 amide bonds. The molecule has 0 saturated carbocycles. The third kappa shape index (κ3) is 7.12. The Morgan fingerprint density at radius 2 is 0.914 bits per heavy atom. The first-order valence-electron chi connectivity index (χ1n) is 24.1. The van der Waals surface area contributed by atoms with Crippen LogP contribution in [0.15, 0.2) is 267 Å². The van der Waals surface area contributed by atoms with E-state index in [1.807, 2.05) is 6.08 Å². The number of nitrogens with zero attached hydrogens (tertiary/aromatic N) is 2. The molecule has 1 aromatic heterocycles. The molecule has 70 heavy (non-hydrogen) atoms. The van der Waals surface area contributed by atoms with Crippen molar-refractivity contribution in [1.29, 1.82) is 0 Å². The largest absolute Gasteiger partial charge is 0.310 e. The number of fused-ring (bicyclic) bond motifs is 4. The summed E-state index contributed by atoms with van der Waals surface area (Å²) in [6, 6.07) is 93.0. The van der Waals surface area contributed by atoms with Crippen LogP contribution in [0.1, 0.15) is 40.4 Å². The smallest absolute Gasteiger partial charge is 0.0714 e. The van der Waals surface area contributed by atoms with Crippen molar-refractivity contribution in [2.75, 3.05) is 4.90 Å². The predicted molar refractivity (Wildman–Crippen MR) is 296 cm³/mol. The molecule has 0 aliphatic heterocycles. The monoisotopic (exact) mass is 894 g/mol. The van der Waals surface area contributed by atoms with E-state index < -0.39 is 5.41 Å². The summed E-state index contributed by atoms with van der Waals surface area (Å²) in [6.07, 6.45) is 6.30. The van der Waals surface area contributed by atoms with Gasteiger partial charge in [-0.1, -0.05) is 207 Å². The number of hydrogen-bond donors (Lipinski definition) is 0. The van der Waals surface area contributed by atoms with Gasteiger partial charge in [-0.15, -0.1) is 0 Å². The molecule has 2 nitrogen and oxygen atoms in total. The number of anilines is 3. The molecule has 11 aromatic rings. The molecule has 332 valence electrons. The Hall–Kier alpha value is -8.98. The maximum atomic E-state index is 4.30. The van der Waals surface area contributed by atoms with Crippen LogP contribution in [0.5, 0.6) is 0 Å². The van der Waals surface area contributed by atoms with Crippen LogP contribution >= 0.6 is 0 Å². The third-order valence-corrected chi connectivity index (χ3v) is 14.2. The zero-order chi connectivity index (χ0) is 47.0. The van der Waals surface area contributed by atoms with Crippen LogP contribution in [0.3, 0.4) is 0 Å². The van der Waals surface area contributed by atoms with Crippen molar-refractivity contribution in [1.82, 2.24) is 4.57 Å². The van der Waals surface area contributed by atoms with E-state index in [1.165, 1.54) is 49.9 Å². The van der Waals surface area contributed by atoms with Gasteiger partial charge in [0.2, 0.25) is 0 Å². The summed E-state index contributed by atoms with van der Waals surface area (Å²) in [7, 11) is 0. The molecule has 1 aliphatic rings. The number of para-hydroxylation sites is 1. The molecule has 1 aliphatic carbocycles. The van der Waals surface area contributed by atoms with Crippen LogP contribution in [-0.2, 0) is 5.41 Å². The van der Waals surface area contributed by atoms with Crippen molar-refractivity contribution < 1.29 is 0 Å². The normalized spacial score (nSPS) is 12.5. The van der Waals surface area contributed by atoms with Gasteiger partial charge in [-0.2, -0.15) is 0 Å². The average molecular weight is 895 g/mol. The minimum Gasteiger partial charge on any atom is -0.310 e. The van der Waals surface area contributed by atoms with Gasteiger partial charge in [0, 0.05) is 33.7 Å². The fourth-order valence-electron chi connectivity index (χ4n) is 11.0. The summed E-state index contributed by atoms with van der Waals surface area (Å²) in [5.41, 5.74) is 22.0. The number of aromatic nitrogens is 1. The zero-order valence-corrected chi connectivity index (χ0v) is 39.1. The van der Waals surface area contributed by atoms with Gasteiger partial charge in [0.15, 0.2) is 0 Å². The van der Waals surface area contributed by atoms with E-state index in [0.717, 1.165) is 61.8 Å². The molecule has 0 atom stereocenters. The van der Waals surface area contributed by atoms with Gasteiger partial charge in [-0.05, 0) is 146 Å². The highest BCUT2D eigenvalue weighted by atomic mass is 15.1. The Labute approximate surface area is 411 Å². The first-order chi connectivity index (χ1) is 34.6. The zero-order valence-electron chi connectivity index (χ0n) is 39.1. The van der Waals surface area contributed by atoms with Crippen molar-refractivity contribution in [3.63, 3.8) is 0 Å². The Kier molecular flexibility index (Phi) is 10.8.